The number of rotatable bonds is 8. The minimum Gasteiger partial charge on any atom is -0.493 e. The molecule has 4 heteroatoms. The second-order valence-electron chi connectivity index (χ2n) is 8.48. The highest BCUT2D eigenvalue weighted by Crippen LogP contribution is 2.33. The average Bonchev–Trinajstić information content (AvgIpc) is 2.90. The van der Waals surface area contributed by atoms with E-state index in [0.29, 0.717) is 18.7 Å². The fraction of sp³-hybridized carbons (Fsp3) is 0.167. The van der Waals surface area contributed by atoms with Gasteiger partial charge in [-0.25, -0.2) is 0 Å². The fourth-order valence-electron chi connectivity index (χ4n) is 4.36. The summed E-state index contributed by atoms with van der Waals surface area (Å²) >= 11 is 0. The van der Waals surface area contributed by atoms with E-state index < -0.39 is 0 Å². The SMILES string of the molecule is O=C1c2ccccc2NC(c2ccc(OCCc3ccccc3)cc2)N1CCc1ccccc1. The normalized spacial score (nSPS) is 14.9. The van der Waals surface area contributed by atoms with E-state index in [1.807, 2.05) is 89.8 Å². The van der Waals surface area contributed by atoms with Gasteiger partial charge in [0.1, 0.15) is 11.9 Å². The number of para-hydroxylation sites is 1. The molecule has 1 heterocycles. The lowest BCUT2D eigenvalue weighted by Crippen LogP contribution is -2.43. The van der Waals surface area contributed by atoms with E-state index in [1.165, 1.54) is 11.1 Å². The van der Waals surface area contributed by atoms with Crippen molar-refractivity contribution in [1.29, 1.82) is 0 Å². The third-order valence-corrected chi connectivity index (χ3v) is 6.20. The first-order valence-electron chi connectivity index (χ1n) is 11.7. The van der Waals surface area contributed by atoms with Crippen molar-refractivity contribution in [2.45, 2.75) is 19.0 Å². The van der Waals surface area contributed by atoms with Gasteiger partial charge in [-0.1, -0.05) is 84.9 Å². The maximum atomic E-state index is 13.4. The van der Waals surface area contributed by atoms with Gasteiger partial charge >= 0.3 is 0 Å². The van der Waals surface area contributed by atoms with Crippen molar-refractivity contribution >= 4 is 11.6 Å². The molecule has 0 fully saturated rings. The first-order chi connectivity index (χ1) is 16.8. The van der Waals surface area contributed by atoms with E-state index in [2.05, 4.69) is 29.6 Å². The Morgan fingerprint density at radius 3 is 2.03 bits per heavy atom. The topological polar surface area (TPSA) is 41.6 Å². The molecule has 1 aliphatic rings. The molecule has 1 N–H and O–H groups in total. The summed E-state index contributed by atoms with van der Waals surface area (Å²) in [5.74, 6) is 0.886. The predicted octanol–water partition coefficient (Wildman–Crippen LogP) is 6.12. The predicted molar refractivity (Wildman–Crippen MR) is 136 cm³/mol. The summed E-state index contributed by atoms with van der Waals surface area (Å²) in [6, 6.07) is 36.4. The molecule has 1 atom stereocenters. The maximum absolute atomic E-state index is 13.4. The fourth-order valence-corrected chi connectivity index (χ4v) is 4.36. The highest BCUT2D eigenvalue weighted by Gasteiger charge is 2.32. The van der Waals surface area contributed by atoms with Crippen LogP contribution in [0.5, 0.6) is 5.75 Å². The monoisotopic (exact) mass is 448 g/mol. The van der Waals surface area contributed by atoms with Gasteiger partial charge in [-0.3, -0.25) is 4.79 Å². The van der Waals surface area contributed by atoms with Crippen LogP contribution in [0.2, 0.25) is 0 Å². The minimum atomic E-state index is -0.232. The lowest BCUT2D eigenvalue weighted by atomic mass is 10.0. The summed E-state index contributed by atoms with van der Waals surface area (Å²) in [4.78, 5) is 15.4. The van der Waals surface area contributed by atoms with Crippen molar-refractivity contribution in [3.05, 3.63) is 131 Å². The summed E-state index contributed by atoms with van der Waals surface area (Å²) in [5.41, 5.74) is 5.10. The summed E-state index contributed by atoms with van der Waals surface area (Å²) in [5, 5.41) is 3.58. The summed E-state index contributed by atoms with van der Waals surface area (Å²) < 4.78 is 5.96. The molecule has 0 bridgehead atoms. The molecule has 0 spiro atoms. The lowest BCUT2D eigenvalue weighted by Gasteiger charge is -2.38. The van der Waals surface area contributed by atoms with Gasteiger partial charge in [0.05, 0.1) is 12.2 Å². The first-order valence-corrected chi connectivity index (χ1v) is 11.7. The maximum Gasteiger partial charge on any atom is 0.257 e. The van der Waals surface area contributed by atoms with E-state index in [1.54, 1.807) is 0 Å². The van der Waals surface area contributed by atoms with Crippen molar-refractivity contribution in [2.24, 2.45) is 0 Å². The van der Waals surface area contributed by atoms with Crippen LogP contribution in [0.1, 0.15) is 33.2 Å². The van der Waals surface area contributed by atoms with Crippen molar-refractivity contribution in [1.82, 2.24) is 4.90 Å². The van der Waals surface area contributed by atoms with Crippen LogP contribution in [0.4, 0.5) is 5.69 Å². The third kappa shape index (κ3) is 4.96. The number of nitrogens with zero attached hydrogens (tertiary/aromatic N) is 1. The molecule has 1 unspecified atom stereocenters. The zero-order chi connectivity index (χ0) is 23.2. The van der Waals surface area contributed by atoms with Crippen LogP contribution in [0.3, 0.4) is 0 Å². The van der Waals surface area contributed by atoms with Crippen LogP contribution in [0, 0.1) is 0 Å². The first kappa shape index (κ1) is 21.8. The molecular formula is C30H28N2O2. The van der Waals surface area contributed by atoms with Crippen LogP contribution in [-0.2, 0) is 12.8 Å². The minimum absolute atomic E-state index is 0.0541. The van der Waals surface area contributed by atoms with Gasteiger partial charge in [0.15, 0.2) is 0 Å². The number of anilines is 1. The van der Waals surface area contributed by atoms with Crippen molar-refractivity contribution in [2.75, 3.05) is 18.5 Å². The number of nitrogens with one attached hydrogen (secondary N) is 1. The molecule has 34 heavy (non-hydrogen) atoms. The number of hydrogen-bond acceptors (Lipinski definition) is 3. The van der Waals surface area contributed by atoms with E-state index >= 15 is 0 Å². The second kappa shape index (κ2) is 10.3. The largest absolute Gasteiger partial charge is 0.493 e. The van der Waals surface area contributed by atoms with Gasteiger partial charge in [0.25, 0.3) is 5.91 Å². The standard InChI is InChI=1S/C30H28N2O2/c33-30-27-13-7-8-14-28(27)31-29(32(30)21-19-23-9-3-1-4-10-23)25-15-17-26(18-16-25)34-22-20-24-11-5-2-6-12-24/h1-18,29,31H,19-22H2. The van der Waals surface area contributed by atoms with Crippen LogP contribution in [0.25, 0.3) is 0 Å². The highest BCUT2D eigenvalue weighted by molar-refractivity contribution is 6.01. The molecule has 0 saturated heterocycles. The molecule has 4 nitrogen and oxygen atoms in total. The number of carbonyl (C=O) groups excluding carboxylic acids is 1. The van der Waals surface area contributed by atoms with E-state index in [4.69, 9.17) is 4.74 Å². The summed E-state index contributed by atoms with van der Waals surface area (Å²) in [7, 11) is 0. The van der Waals surface area contributed by atoms with Crippen LogP contribution < -0.4 is 10.1 Å². The Kier molecular flexibility index (Phi) is 6.57. The van der Waals surface area contributed by atoms with Gasteiger partial charge in [-0.2, -0.15) is 0 Å². The molecule has 5 rings (SSSR count). The van der Waals surface area contributed by atoms with Crippen LogP contribution in [0.15, 0.2) is 109 Å². The number of fused-ring (bicyclic) bond motifs is 1. The zero-order valence-electron chi connectivity index (χ0n) is 19.1. The molecule has 1 amide bonds. The Hall–Kier alpha value is -4.05. The number of amides is 1. The molecule has 170 valence electrons. The Balaban J connectivity index is 1.31. The molecule has 4 aromatic carbocycles. The third-order valence-electron chi connectivity index (χ3n) is 6.20. The number of benzene rings is 4. The van der Waals surface area contributed by atoms with Crippen molar-refractivity contribution < 1.29 is 9.53 Å². The van der Waals surface area contributed by atoms with Gasteiger partial charge in [0, 0.05) is 18.7 Å². The highest BCUT2D eigenvalue weighted by atomic mass is 16.5. The Labute approximate surface area is 200 Å². The summed E-state index contributed by atoms with van der Waals surface area (Å²) in [6.45, 7) is 1.25. The quantitative estimate of drug-likeness (QED) is 0.353. The molecule has 4 aromatic rings. The molecule has 0 radical (unpaired) electrons. The lowest BCUT2D eigenvalue weighted by molar-refractivity contribution is 0.0685. The van der Waals surface area contributed by atoms with E-state index in [-0.39, 0.29) is 12.1 Å². The van der Waals surface area contributed by atoms with E-state index in [9.17, 15) is 4.79 Å². The van der Waals surface area contributed by atoms with Crippen molar-refractivity contribution in [3.8, 4) is 5.75 Å². The van der Waals surface area contributed by atoms with Gasteiger partial charge in [-0.15, -0.1) is 0 Å². The molecule has 0 aromatic heterocycles. The Morgan fingerprint density at radius 1 is 0.706 bits per heavy atom. The van der Waals surface area contributed by atoms with Crippen LogP contribution >= 0.6 is 0 Å². The van der Waals surface area contributed by atoms with Gasteiger partial charge in [-0.05, 0) is 47.4 Å². The summed E-state index contributed by atoms with van der Waals surface area (Å²) in [6.07, 6.45) is 1.43. The molecule has 0 aliphatic carbocycles. The second-order valence-corrected chi connectivity index (χ2v) is 8.48. The van der Waals surface area contributed by atoms with Gasteiger partial charge in [0.2, 0.25) is 0 Å². The van der Waals surface area contributed by atoms with Crippen molar-refractivity contribution in [3.63, 3.8) is 0 Å². The average molecular weight is 449 g/mol. The van der Waals surface area contributed by atoms with E-state index in [0.717, 1.165) is 29.8 Å². The number of carbonyl (C=O) groups is 1. The number of hydrogen-bond donors (Lipinski definition) is 1. The molecular weight excluding hydrogens is 420 g/mol. The Morgan fingerprint density at radius 2 is 1.32 bits per heavy atom. The van der Waals surface area contributed by atoms with Crippen LogP contribution in [-0.4, -0.2) is 24.0 Å². The molecule has 0 saturated carbocycles. The Bertz CT molecular complexity index is 1220. The zero-order valence-corrected chi connectivity index (χ0v) is 19.1. The smallest absolute Gasteiger partial charge is 0.257 e. The number of ether oxygens (including phenoxy) is 1. The van der Waals surface area contributed by atoms with Gasteiger partial charge < -0.3 is 15.0 Å². The molecule has 1 aliphatic heterocycles.